The van der Waals surface area contributed by atoms with Gasteiger partial charge in [-0.1, -0.05) is 13.8 Å². The molecule has 0 spiro atoms. The van der Waals surface area contributed by atoms with Crippen molar-refractivity contribution in [2.24, 2.45) is 11.8 Å². The Kier molecular flexibility index (Phi) is 3.09. The van der Waals surface area contributed by atoms with Crippen molar-refractivity contribution in [3.05, 3.63) is 24.0 Å². The van der Waals surface area contributed by atoms with Crippen LogP contribution in [0.1, 0.15) is 26.0 Å². The highest BCUT2D eigenvalue weighted by Crippen LogP contribution is 2.27. The van der Waals surface area contributed by atoms with E-state index in [0.29, 0.717) is 11.6 Å². The molecule has 3 nitrogen and oxygen atoms in total. The molecule has 1 aliphatic rings. The Balaban J connectivity index is 2.22. The normalized spacial score (nSPS) is 25.2. The number of nitriles is 1. The highest BCUT2D eigenvalue weighted by atomic mass is 15.1. The van der Waals surface area contributed by atoms with Crippen molar-refractivity contribution in [1.82, 2.24) is 4.98 Å². The second kappa shape index (κ2) is 4.52. The summed E-state index contributed by atoms with van der Waals surface area (Å²) in [5.74, 6) is 1.46. The number of pyridine rings is 1. The summed E-state index contributed by atoms with van der Waals surface area (Å²) in [7, 11) is 0. The van der Waals surface area contributed by atoms with Crippen LogP contribution in [0.3, 0.4) is 0 Å². The van der Waals surface area contributed by atoms with E-state index < -0.39 is 0 Å². The molecule has 0 amide bonds. The van der Waals surface area contributed by atoms with Crippen LogP contribution in [0.5, 0.6) is 0 Å². The van der Waals surface area contributed by atoms with E-state index in [2.05, 4.69) is 29.8 Å². The highest BCUT2D eigenvalue weighted by Gasteiger charge is 2.24. The third-order valence-corrected chi connectivity index (χ3v) is 3.57. The van der Waals surface area contributed by atoms with E-state index in [1.807, 2.05) is 12.1 Å². The minimum atomic E-state index is 0.546. The van der Waals surface area contributed by atoms with Crippen LogP contribution in [-0.4, -0.2) is 18.1 Å². The summed E-state index contributed by atoms with van der Waals surface area (Å²) >= 11 is 0. The molecular weight excluding hydrogens is 198 g/mol. The van der Waals surface area contributed by atoms with Gasteiger partial charge in [-0.3, -0.25) is 0 Å². The molecule has 2 unspecified atom stereocenters. The van der Waals surface area contributed by atoms with Gasteiger partial charge < -0.3 is 4.90 Å². The molecule has 2 heterocycles. The van der Waals surface area contributed by atoms with Crippen LogP contribution in [0.2, 0.25) is 0 Å². The summed E-state index contributed by atoms with van der Waals surface area (Å²) in [4.78, 5) is 6.40. The minimum Gasteiger partial charge on any atom is -0.369 e. The van der Waals surface area contributed by atoms with Crippen molar-refractivity contribution in [3.63, 3.8) is 0 Å². The second-order valence-corrected chi connectivity index (χ2v) is 4.67. The van der Waals surface area contributed by atoms with Crippen molar-refractivity contribution in [2.45, 2.75) is 20.3 Å². The first-order valence-electron chi connectivity index (χ1n) is 5.82. The maximum Gasteiger partial charge on any atom is 0.163 e. The lowest BCUT2D eigenvalue weighted by atomic mass is 9.88. The zero-order valence-corrected chi connectivity index (χ0v) is 9.85. The van der Waals surface area contributed by atoms with E-state index in [1.165, 1.54) is 6.42 Å². The highest BCUT2D eigenvalue weighted by molar-refractivity contribution is 5.55. The molecule has 0 aliphatic carbocycles. The number of nitrogens with zero attached hydrogens (tertiary/aromatic N) is 3. The van der Waals surface area contributed by atoms with Gasteiger partial charge in [0.15, 0.2) is 5.69 Å². The van der Waals surface area contributed by atoms with Gasteiger partial charge in [0.05, 0.1) is 5.69 Å². The summed E-state index contributed by atoms with van der Waals surface area (Å²) in [6, 6.07) is 6.06. The number of piperidine rings is 1. The fourth-order valence-corrected chi connectivity index (χ4v) is 2.22. The summed E-state index contributed by atoms with van der Waals surface area (Å²) in [6.45, 7) is 6.64. The molecule has 0 saturated carbocycles. The molecule has 1 aliphatic heterocycles. The van der Waals surface area contributed by atoms with Gasteiger partial charge in [-0.25, -0.2) is 4.98 Å². The van der Waals surface area contributed by atoms with E-state index >= 15 is 0 Å². The fraction of sp³-hybridized carbons (Fsp3) is 0.538. The standard InChI is InChI=1S/C13H17N3/c1-10-5-7-16(9-11(10)2)13-4-3-6-15-12(13)8-14/h3-4,6,10-11H,5,7,9H2,1-2H3. The van der Waals surface area contributed by atoms with Crippen LogP contribution in [0.25, 0.3) is 0 Å². The molecule has 0 N–H and O–H groups in total. The van der Waals surface area contributed by atoms with Gasteiger partial charge in [0.1, 0.15) is 6.07 Å². The van der Waals surface area contributed by atoms with E-state index in [0.717, 1.165) is 24.7 Å². The SMILES string of the molecule is CC1CCN(c2cccnc2C#N)CC1C. The van der Waals surface area contributed by atoms with Crippen molar-refractivity contribution in [2.75, 3.05) is 18.0 Å². The maximum absolute atomic E-state index is 9.03. The summed E-state index contributed by atoms with van der Waals surface area (Å²) in [5, 5.41) is 9.03. The number of aromatic nitrogens is 1. The molecule has 0 bridgehead atoms. The summed E-state index contributed by atoms with van der Waals surface area (Å²) in [5.41, 5.74) is 1.54. The topological polar surface area (TPSA) is 39.9 Å². The Morgan fingerprint density at radius 2 is 2.25 bits per heavy atom. The van der Waals surface area contributed by atoms with Crippen LogP contribution >= 0.6 is 0 Å². The van der Waals surface area contributed by atoms with Gasteiger partial charge in [0.25, 0.3) is 0 Å². The Morgan fingerprint density at radius 3 is 2.94 bits per heavy atom. The first-order valence-corrected chi connectivity index (χ1v) is 5.82. The zero-order valence-electron chi connectivity index (χ0n) is 9.85. The molecule has 1 fully saturated rings. The lowest BCUT2D eigenvalue weighted by Gasteiger charge is -2.36. The Morgan fingerprint density at radius 1 is 1.44 bits per heavy atom. The average Bonchev–Trinajstić information content (AvgIpc) is 2.32. The number of hydrogen-bond acceptors (Lipinski definition) is 3. The van der Waals surface area contributed by atoms with Crippen molar-refractivity contribution in [1.29, 1.82) is 5.26 Å². The van der Waals surface area contributed by atoms with Crippen LogP contribution < -0.4 is 4.90 Å². The predicted octanol–water partition coefficient (Wildman–Crippen LogP) is 2.44. The molecule has 3 heteroatoms. The van der Waals surface area contributed by atoms with Gasteiger partial charge in [-0.05, 0) is 30.4 Å². The van der Waals surface area contributed by atoms with Crippen molar-refractivity contribution < 1.29 is 0 Å². The van der Waals surface area contributed by atoms with Gasteiger partial charge in [0, 0.05) is 19.3 Å². The minimum absolute atomic E-state index is 0.546. The van der Waals surface area contributed by atoms with Crippen LogP contribution in [0.4, 0.5) is 5.69 Å². The predicted molar refractivity (Wildman–Crippen MR) is 64.1 cm³/mol. The van der Waals surface area contributed by atoms with Crippen LogP contribution in [-0.2, 0) is 0 Å². The van der Waals surface area contributed by atoms with E-state index in [1.54, 1.807) is 6.20 Å². The smallest absolute Gasteiger partial charge is 0.163 e. The largest absolute Gasteiger partial charge is 0.369 e. The Bertz CT molecular complexity index is 408. The molecule has 2 atom stereocenters. The van der Waals surface area contributed by atoms with Crippen LogP contribution in [0.15, 0.2) is 18.3 Å². The average molecular weight is 215 g/mol. The van der Waals surface area contributed by atoms with E-state index in [-0.39, 0.29) is 0 Å². The summed E-state index contributed by atoms with van der Waals surface area (Å²) < 4.78 is 0. The maximum atomic E-state index is 9.03. The van der Waals surface area contributed by atoms with Crippen LogP contribution in [0, 0.1) is 23.2 Å². The number of anilines is 1. The van der Waals surface area contributed by atoms with E-state index in [4.69, 9.17) is 5.26 Å². The second-order valence-electron chi connectivity index (χ2n) is 4.67. The number of hydrogen-bond donors (Lipinski definition) is 0. The number of rotatable bonds is 1. The van der Waals surface area contributed by atoms with Gasteiger partial charge in [0.2, 0.25) is 0 Å². The third-order valence-electron chi connectivity index (χ3n) is 3.57. The van der Waals surface area contributed by atoms with Gasteiger partial charge in [-0.15, -0.1) is 0 Å². The molecule has 84 valence electrons. The molecule has 0 radical (unpaired) electrons. The fourth-order valence-electron chi connectivity index (χ4n) is 2.22. The summed E-state index contributed by atoms with van der Waals surface area (Å²) in [6.07, 6.45) is 2.87. The van der Waals surface area contributed by atoms with Crippen molar-refractivity contribution in [3.8, 4) is 6.07 Å². The molecule has 16 heavy (non-hydrogen) atoms. The first-order chi connectivity index (χ1) is 7.72. The molecule has 1 aromatic heterocycles. The lowest BCUT2D eigenvalue weighted by molar-refractivity contribution is 0.323. The Labute approximate surface area is 96.7 Å². The van der Waals surface area contributed by atoms with Gasteiger partial charge >= 0.3 is 0 Å². The third kappa shape index (κ3) is 2.01. The quantitative estimate of drug-likeness (QED) is 0.722. The molecule has 0 aromatic carbocycles. The molecule has 1 saturated heterocycles. The monoisotopic (exact) mass is 215 g/mol. The molecule has 1 aromatic rings. The van der Waals surface area contributed by atoms with Gasteiger partial charge in [-0.2, -0.15) is 5.26 Å². The molecular formula is C13H17N3. The zero-order chi connectivity index (χ0) is 11.5. The molecule has 2 rings (SSSR count). The lowest BCUT2D eigenvalue weighted by Crippen LogP contribution is -2.38. The first kappa shape index (κ1) is 10.9. The van der Waals surface area contributed by atoms with Crippen molar-refractivity contribution >= 4 is 5.69 Å². The van der Waals surface area contributed by atoms with E-state index in [9.17, 15) is 0 Å². The Hall–Kier alpha value is -1.56.